The number of aryl methyl sites for hydroxylation is 2. The van der Waals surface area contributed by atoms with E-state index in [2.05, 4.69) is 12.1 Å². The molecule has 1 N–H and O–H groups in total. The molecule has 0 atom stereocenters. The maximum Gasteiger partial charge on any atom is 0.260 e. The minimum Gasteiger partial charge on any atom is -0.370 e. The van der Waals surface area contributed by atoms with Crippen molar-refractivity contribution in [1.82, 2.24) is 4.98 Å². The summed E-state index contributed by atoms with van der Waals surface area (Å²) in [6.07, 6.45) is 0.946. The van der Waals surface area contributed by atoms with Crippen molar-refractivity contribution in [3.8, 4) is 0 Å². The molecule has 5 nitrogen and oxygen atoms in total. The van der Waals surface area contributed by atoms with Crippen LogP contribution in [0.5, 0.6) is 0 Å². The number of nitrogens with one attached hydrogen (secondary N) is 1. The topological polar surface area (TPSA) is 46.9 Å². The molecule has 6 heteroatoms. The lowest BCUT2D eigenvalue weighted by molar-refractivity contribution is -0.908. The van der Waals surface area contributed by atoms with Crippen LogP contribution in [-0.4, -0.2) is 50.3 Å². The standard InChI is InChI=1S/C23H27N3O2S/c1-17-8-9-18(2)19(16-17)22(27)26(11-5-10-25-12-14-28-15-13-25)23-24-20-6-3-4-7-21(20)29-23/h3-4,6-9,16H,5,10-15H2,1-2H3/p+1. The third kappa shape index (κ3) is 4.66. The summed E-state index contributed by atoms with van der Waals surface area (Å²) in [5, 5.41) is 0.786. The molecule has 0 unspecified atom stereocenters. The first-order valence-electron chi connectivity index (χ1n) is 10.3. The van der Waals surface area contributed by atoms with Crippen LogP contribution in [0.2, 0.25) is 0 Å². The highest BCUT2D eigenvalue weighted by molar-refractivity contribution is 7.22. The second-order valence-electron chi connectivity index (χ2n) is 7.71. The molecule has 152 valence electrons. The van der Waals surface area contributed by atoms with E-state index in [0.29, 0.717) is 6.54 Å². The molecule has 0 aliphatic carbocycles. The maximum absolute atomic E-state index is 13.5. The number of para-hydroxylation sites is 1. The number of rotatable bonds is 6. The lowest BCUT2D eigenvalue weighted by atomic mass is 10.0. The lowest BCUT2D eigenvalue weighted by Gasteiger charge is -2.25. The van der Waals surface area contributed by atoms with Crippen LogP contribution in [0.1, 0.15) is 27.9 Å². The molecule has 0 saturated carbocycles. The Morgan fingerprint density at radius 3 is 2.76 bits per heavy atom. The third-order valence-electron chi connectivity index (χ3n) is 5.49. The van der Waals surface area contributed by atoms with Gasteiger partial charge in [0, 0.05) is 18.5 Å². The summed E-state index contributed by atoms with van der Waals surface area (Å²) in [4.78, 5) is 21.8. The van der Waals surface area contributed by atoms with Crippen molar-refractivity contribution in [1.29, 1.82) is 0 Å². The molecular formula is C23H28N3O2S+. The van der Waals surface area contributed by atoms with Crippen LogP contribution in [0.3, 0.4) is 0 Å². The molecule has 0 radical (unpaired) electrons. The predicted octanol–water partition coefficient (Wildman–Crippen LogP) is 2.87. The van der Waals surface area contributed by atoms with Crippen molar-refractivity contribution in [2.24, 2.45) is 0 Å². The van der Waals surface area contributed by atoms with Gasteiger partial charge in [0.1, 0.15) is 13.1 Å². The normalized spacial score (nSPS) is 15.0. The molecule has 1 aromatic heterocycles. The van der Waals surface area contributed by atoms with Gasteiger partial charge < -0.3 is 9.64 Å². The van der Waals surface area contributed by atoms with Gasteiger partial charge in [-0.3, -0.25) is 9.69 Å². The van der Waals surface area contributed by atoms with Crippen LogP contribution < -0.4 is 9.80 Å². The van der Waals surface area contributed by atoms with Crippen molar-refractivity contribution in [3.05, 3.63) is 59.2 Å². The summed E-state index contributed by atoms with van der Waals surface area (Å²) in [6.45, 7) is 9.51. The van der Waals surface area contributed by atoms with E-state index in [1.165, 1.54) is 0 Å². The molecule has 0 spiro atoms. The number of amides is 1. The van der Waals surface area contributed by atoms with Crippen LogP contribution in [0, 0.1) is 13.8 Å². The number of anilines is 1. The Bertz CT molecular complexity index is 962. The van der Waals surface area contributed by atoms with Crippen LogP contribution in [-0.2, 0) is 4.74 Å². The Kier molecular flexibility index (Phi) is 6.23. The average Bonchev–Trinajstić information content (AvgIpc) is 3.17. The summed E-state index contributed by atoms with van der Waals surface area (Å²) >= 11 is 1.59. The van der Waals surface area contributed by atoms with E-state index in [9.17, 15) is 4.79 Å². The second-order valence-corrected chi connectivity index (χ2v) is 8.71. The number of carbonyl (C=O) groups excluding carboxylic acids is 1. The zero-order chi connectivity index (χ0) is 20.2. The van der Waals surface area contributed by atoms with Gasteiger partial charge in [-0.2, -0.15) is 0 Å². The Hall–Kier alpha value is -2.28. The number of quaternary nitrogens is 1. The highest BCUT2D eigenvalue weighted by Gasteiger charge is 2.23. The van der Waals surface area contributed by atoms with Crippen molar-refractivity contribution in [2.45, 2.75) is 20.3 Å². The molecule has 1 amide bonds. The minimum atomic E-state index is 0.0437. The molecule has 1 fully saturated rings. The Labute approximate surface area is 175 Å². The number of aromatic nitrogens is 1. The summed E-state index contributed by atoms with van der Waals surface area (Å²) in [5.41, 5.74) is 3.82. The van der Waals surface area contributed by atoms with Crippen LogP contribution in [0.25, 0.3) is 10.2 Å². The second kappa shape index (κ2) is 9.03. The third-order valence-corrected chi connectivity index (χ3v) is 6.55. The van der Waals surface area contributed by atoms with Gasteiger partial charge >= 0.3 is 0 Å². The molecule has 1 saturated heterocycles. The summed E-state index contributed by atoms with van der Waals surface area (Å²) in [5.74, 6) is 0.0437. The van der Waals surface area contributed by atoms with Gasteiger partial charge in [0.15, 0.2) is 5.13 Å². The first-order valence-corrected chi connectivity index (χ1v) is 11.1. The first-order chi connectivity index (χ1) is 14.1. The van der Waals surface area contributed by atoms with Crippen LogP contribution in [0.15, 0.2) is 42.5 Å². The van der Waals surface area contributed by atoms with Gasteiger partial charge in [0.05, 0.1) is 30.0 Å². The zero-order valence-corrected chi connectivity index (χ0v) is 17.9. The molecule has 3 aromatic rings. The molecule has 2 aromatic carbocycles. The van der Waals surface area contributed by atoms with E-state index >= 15 is 0 Å². The molecule has 1 aliphatic heterocycles. The fraction of sp³-hybridized carbons (Fsp3) is 0.391. The smallest absolute Gasteiger partial charge is 0.260 e. The summed E-state index contributed by atoms with van der Waals surface area (Å²) < 4.78 is 6.57. The van der Waals surface area contributed by atoms with Gasteiger partial charge in [0.2, 0.25) is 0 Å². The van der Waals surface area contributed by atoms with Crippen molar-refractivity contribution in [2.75, 3.05) is 44.3 Å². The molecule has 0 bridgehead atoms. The fourth-order valence-corrected chi connectivity index (χ4v) is 4.76. The number of nitrogens with zero attached hydrogens (tertiary/aromatic N) is 2. The van der Waals surface area contributed by atoms with Crippen molar-refractivity contribution >= 4 is 32.6 Å². The van der Waals surface area contributed by atoms with E-state index < -0.39 is 0 Å². The monoisotopic (exact) mass is 410 g/mol. The quantitative estimate of drug-likeness (QED) is 0.680. The van der Waals surface area contributed by atoms with Crippen molar-refractivity contribution < 1.29 is 14.4 Å². The number of fused-ring (bicyclic) bond motifs is 1. The van der Waals surface area contributed by atoms with E-state index in [1.54, 1.807) is 16.2 Å². The molecule has 4 rings (SSSR count). The molecule has 1 aliphatic rings. The van der Waals surface area contributed by atoms with E-state index in [4.69, 9.17) is 9.72 Å². The highest BCUT2D eigenvalue weighted by Crippen LogP contribution is 2.30. The number of ether oxygens (including phenoxy) is 1. The SMILES string of the molecule is Cc1ccc(C)c(C(=O)N(CCC[NH+]2CCOCC2)c2nc3ccccc3s2)c1. The number of hydrogen-bond acceptors (Lipinski definition) is 4. The zero-order valence-electron chi connectivity index (χ0n) is 17.1. The minimum absolute atomic E-state index is 0.0437. The molecule has 29 heavy (non-hydrogen) atoms. The predicted molar refractivity (Wildman–Crippen MR) is 118 cm³/mol. The summed E-state index contributed by atoms with van der Waals surface area (Å²) in [7, 11) is 0. The fourth-order valence-electron chi connectivity index (χ4n) is 3.77. The van der Waals surface area contributed by atoms with Gasteiger partial charge in [-0.25, -0.2) is 4.98 Å². The average molecular weight is 411 g/mol. The van der Waals surface area contributed by atoms with Gasteiger partial charge in [-0.05, 0) is 37.6 Å². The number of morpholine rings is 1. The summed E-state index contributed by atoms with van der Waals surface area (Å²) in [6, 6.07) is 14.1. The van der Waals surface area contributed by atoms with E-state index in [1.807, 2.05) is 49.1 Å². The number of carbonyl (C=O) groups is 1. The Morgan fingerprint density at radius 1 is 1.17 bits per heavy atom. The van der Waals surface area contributed by atoms with Gasteiger partial charge in [0.25, 0.3) is 5.91 Å². The first kappa shape index (κ1) is 20.0. The van der Waals surface area contributed by atoms with E-state index in [-0.39, 0.29) is 5.91 Å². The molecular weight excluding hydrogens is 382 g/mol. The largest absolute Gasteiger partial charge is 0.370 e. The number of benzene rings is 2. The number of thiazole rings is 1. The highest BCUT2D eigenvalue weighted by atomic mass is 32.1. The number of hydrogen-bond donors (Lipinski definition) is 1. The lowest BCUT2D eigenvalue weighted by Crippen LogP contribution is -3.14. The Morgan fingerprint density at radius 2 is 1.97 bits per heavy atom. The van der Waals surface area contributed by atoms with Crippen LogP contribution >= 0.6 is 11.3 Å². The van der Waals surface area contributed by atoms with Gasteiger partial charge in [-0.1, -0.05) is 41.2 Å². The Balaban J connectivity index is 1.59. The van der Waals surface area contributed by atoms with Crippen LogP contribution in [0.4, 0.5) is 5.13 Å². The molecule has 2 heterocycles. The van der Waals surface area contributed by atoms with E-state index in [0.717, 1.165) is 71.3 Å². The maximum atomic E-state index is 13.5. The van der Waals surface area contributed by atoms with Gasteiger partial charge in [-0.15, -0.1) is 0 Å². The van der Waals surface area contributed by atoms with Crippen molar-refractivity contribution in [3.63, 3.8) is 0 Å².